The molecule has 0 aromatic heterocycles. The molecule has 1 N–H and O–H groups in total. The first-order valence-electron chi connectivity index (χ1n) is 6.71. The number of benzene rings is 1. The SMILES string of the molecule is COc1ccc(CN(C)C(=O)C2CCNC2)cc1C. The van der Waals surface area contributed by atoms with E-state index in [4.69, 9.17) is 4.74 Å². The number of ether oxygens (including phenoxy) is 1. The Labute approximate surface area is 114 Å². The van der Waals surface area contributed by atoms with Gasteiger partial charge in [0.05, 0.1) is 13.0 Å². The highest BCUT2D eigenvalue weighted by molar-refractivity contribution is 5.79. The second kappa shape index (κ2) is 6.06. The molecule has 1 heterocycles. The van der Waals surface area contributed by atoms with Crippen molar-refractivity contribution in [3.8, 4) is 5.75 Å². The van der Waals surface area contributed by atoms with Gasteiger partial charge in [-0.1, -0.05) is 12.1 Å². The zero-order valence-electron chi connectivity index (χ0n) is 11.9. The van der Waals surface area contributed by atoms with E-state index in [9.17, 15) is 4.79 Å². The van der Waals surface area contributed by atoms with E-state index in [1.807, 2.05) is 31.0 Å². The molecule has 1 unspecified atom stereocenters. The summed E-state index contributed by atoms with van der Waals surface area (Å²) < 4.78 is 5.24. The van der Waals surface area contributed by atoms with Gasteiger partial charge in [-0.05, 0) is 37.1 Å². The van der Waals surface area contributed by atoms with Crippen molar-refractivity contribution < 1.29 is 9.53 Å². The van der Waals surface area contributed by atoms with Gasteiger partial charge in [-0.15, -0.1) is 0 Å². The molecule has 0 radical (unpaired) electrons. The summed E-state index contributed by atoms with van der Waals surface area (Å²) >= 11 is 0. The second-order valence-corrected chi connectivity index (χ2v) is 5.19. The normalized spacial score (nSPS) is 18.4. The van der Waals surface area contributed by atoms with Crippen LogP contribution in [0.3, 0.4) is 0 Å². The molecule has 1 amide bonds. The number of methoxy groups -OCH3 is 1. The zero-order valence-corrected chi connectivity index (χ0v) is 11.9. The number of carbonyl (C=O) groups is 1. The quantitative estimate of drug-likeness (QED) is 0.895. The summed E-state index contributed by atoms with van der Waals surface area (Å²) in [4.78, 5) is 14.0. The van der Waals surface area contributed by atoms with E-state index in [2.05, 4.69) is 11.4 Å². The molecule has 19 heavy (non-hydrogen) atoms. The Balaban J connectivity index is 1.99. The van der Waals surface area contributed by atoms with Crippen molar-refractivity contribution in [2.45, 2.75) is 19.9 Å². The van der Waals surface area contributed by atoms with E-state index >= 15 is 0 Å². The first-order chi connectivity index (χ1) is 9.11. The minimum atomic E-state index is 0.143. The molecule has 1 fully saturated rings. The van der Waals surface area contributed by atoms with Gasteiger partial charge in [-0.25, -0.2) is 0 Å². The predicted molar refractivity (Wildman–Crippen MR) is 75.2 cm³/mol. The van der Waals surface area contributed by atoms with Gasteiger partial charge < -0.3 is 15.0 Å². The predicted octanol–water partition coefficient (Wildman–Crippen LogP) is 1.57. The van der Waals surface area contributed by atoms with E-state index in [0.717, 1.165) is 36.4 Å². The van der Waals surface area contributed by atoms with Crippen molar-refractivity contribution in [2.75, 3.05) is 27.2 Å². The van der Waals surface area contributed by atoms with Gasteiger partial charge in [0.1, 0.15) is 5.75 Å². The summed E-state index contributed by atoms with van der Waals surface area (Å²) in [5.41, 5.74) is 2.24. The Morgan fingerprint density at radius 2 is 2.32 bits per heavy atom. The number of amides is 1. The average molecular weight is 262 g/mol. The smallest absolute Gasteiger partial charge is 0.227 e. The number of hydrogen-bond acceptors (Lipinski definition) is 3. The third kappa shape index (κ3) is 3.26. The molecule has 104 valence electrons. The molecule has 0 bridgehead atoms. The molecular weight excluding hydrogens is 240 g/mol. The van der Waals surface area contributed by atoms with Gasteiger partial charge in [0, 0.05) is 20.1 Å². The number of nitrogens with zero attached hydrogens (tertiary/aromatic N) is 1. The van der Waals surface area contributed by atoms with E-state index in [0.29, 0.717) is 6.54 Å². The second-order valence-electron chi connectivity index (χ2n) is 5.19. The van der Waals surface area contributed by atoms with Gasteiger partial charge in [-0.2, -0.15) is 0 Å². The van der Waals surface area contributed by atoms with Crippen molar-refractivity contribution in [3.63, 3.8) is 0 Å². The van der Waals surface area contributed by atoms with Crippen LogP contribution in [-0.2, 0) is 11.3 Å². The fraction of sp³-hybridized carbons (Fsp3) is 0.533. The average Bonchev–Trinajstić information content (AvgIpc) is 2.92. The zero-order chi connectivity index (χ0) is 13.8. The standard InChI is InChI=1S/C15H22N2O2/c1-11-8-12(4-5-14(11)19-3)10-17(2)15(18)13-6-7-16-9-13/h4-5,8,13,16H,6-7,9-10H2,1-3H3. The molecule has 1 aliphatic rings. The maximum absolute atomic E-state index is 12.2. The van der Waals surface area contributed by atoms with Crippen LogP contribution in [0, 0.1) is 12.8 Å². The van der Waals surface area contributed by atoms with Crippen molar-refractivity contribution in [2.24, 2.45) is 5.92 Å². The Morgan fingerprint density at radius 3 is 2.89 bits per heavy atom. The molecule has 1 aromatic rings. The maximum atomic E-state index is 12.2. The lowest BCUT2D eigenvalue weighted by Gasteiger charge is -2.21. The van der Waals surface area contributed by atoms with Crippen LogP contribution in [0.15, 0.2) is 18.2 Å². The van der Waals surface area contributed by atoms with Gasteiger partial charge >= 0.3 is 0 Å². The molecular formula is C15H22N2O2. The Morgan fingerprint density at radius 1 is 1.53 bits per heavy atom. The van der Waals surface area contributed by atoms with Crippen LogP contribution < -0.4 is 10.1 Å². The van der Waals surface area contributed by atoms with E-state index in [1.165, 1.54) is 0 Å². The number of rotatable bonds is 4. The largest absolute Gasteiger partial charge is 0.496 e. The molecule has 1 aromatic carbocycles. The Bertz CT molecular complexity index is 453. The lowest BCUT2D eigenvalue weighted by atomic mass is 10.1. The van der Waals surface area contributed by atoms with E-state index in [1.54, 1.807) is 7.11 Å². The first-order valence-corrected chi connectivity index (χ1v) is 6.71. The lowest BCUT2D eigenvalue weighted by molar-refractivity contribution is -0.134. The minimum absolute atomic E-state index is 0.143. The topological polar surface area (TPSA) is 41.6 Å². The van der Waals surface area contributed by atoms with Gasteiger partial charge in [0.15, 0.2) is 0 Å². The number of aryl methyl sites for hydroxylation is 1. The third-order valence-corrected chi connectivity index (χ3v) is 3.66. The van der Waals surface area contributed by atoms with Crippen LogP contribution in [0.5, 0.6) is 5.75 Å². The van der Waals surface area contributed by atoms with Crippen LogP contribution in [0.2, 0.25) is 0 Å². The monoisotopic (exact) mass is 262 g/mol. The molecule has 1 saturated heterocycles. The van der Waals surface area contributed by atoms with Crippen molar-refractivity contribution in [1.82, 2.24) is 10.2 Å². The van der Waals surface area contributed by atoms with E-state index < -0.39 is 0 Å². The molecule has 1 atom stereocenters. The summed E-state index contributed by atoms with van der Waals surface area (Å²) in [7, 11) is 3.55. The number of carbonyl (C=O) groups excluding carboxylic acids is 1. The minimum Gasteiger partial charge on any atom is -0.496 e. The molecule has 0 saturated carbocycles. The summed E-state index contributed by atoms with van der Waals surface area (Å²) in [5.74, 6) is 1.26. The van der Waals surface area contributed by atoms with Crippen LogP contribution in [0.4, 0.5) is 0 Å². The van der Waals surface area contributed by atoms with Crippen LogP contribution in [0.25, 0.3) is 0 Å². The molecule has 4 nitrogen and oxygen atoms in total. The van der Waals surface area contributed by atoms with Gasteiger partial charge in [0.2, 0.25) is 5.91 Å². The van der Waals surface area contributed by atoms with Crippen molar-refractivity contribution >= 4 is 5.91 Å². The van der Waals surface area contributed by atoms with Crippen LogP contribution in [-0.4, -0.2) is 38.1 Å². The lowest BCUT2D eigenvalue weighted by Crippen LogP contribution is -2.33. The fourth-order valence-electron chi connectivity index (χ4n) is 2.57. The van der Waals surface area contributed by atoms with Crippen LogP contribution in [0.1, 0.15) is 17.5 Å². The summed E-state index contributed by atoms with van der Waals surface area (Å²) in [6.07, 6.45) is 0.949. The van der Waals surface area contributed by atoms with E-state index in [-0.39, 0.29) is 11.8 Å². The van der Waals surface area contributed by atoms with Gasteiger partial charge in [-0.3, -0.25) is 4.79 Å². The highest BCUT2D eigenvalue weighted by Gasteiger charge is 2.25. The Hall–Kier alpha value is -1.55. The highest BCUT2D eigenvalue weighted by atomic mass is 16.5. The van der Waals surface area contributed by atoms with Crippen molar-refractivity contribution in [3.05, 3.63) is 29.3 Å². The van der Waals surface area contributed by atoms with Crippen LogP contribution >= 0.6 is 0 Å². The molecule has 2 rings (SSSR count). The van der Waals surface area contributed by atoms with Gasteiger partial charge in [0.25, 0.3) is 0 Å². The molecule has 0 aliphatic carbocycles. The summed E-state index contributed by atoms with van der Waals surface area (Å²) in [6, 6.07) is 6.05. The first kappa shape index (κ1) is 13.9. The summed E-state index contributed by atoms with van der Waals surface area (Å²) in [5, 5.41) is 3.23. The highest BCUT2D eigenvalue weighted by Crippen LogP contribution is 2.20. The summed E-state index contributed by atoms with van der Waals surface area (Å²) in [6.45, 7) is 4.43. The Kier molecular flexibility index (Phi) is 4.43. The molecule has 4 heteroatoms. The number of hydrogen-bond donors (Lipinski definition) is 1. The molecule has 0 spiro atoms. The fourth-order valence-corrected chi connectivity index (χ4v) is 2.57. The number of nitrogens with one attached hydrogen (secondary N) is 1. The maximum Gasteiger partial charge on any atom is 0.227 e. The third-order valence-electron chi connectivity index (χ3n) is 3.66. The molecule has 1 aliphatic heterocycles. The van der Waals surface area contributed by atoms with Crippen molar-refractivity contribution in [1.29, 1.82) is 0 Å².